The van der Waals surface area contributed by atoms with Gasteiger partial charge in [0.1, 0.15) is 11.9 Å². The third-order valence-electron chi connectivity index (χ3n) is 4.02. The van der Waals surface area contributed by atoms with E-state index >= 15 is 0 Å². The van der Waals surface area contributed by atoms with Crippen molar-refractivity contribution in [3.05, 3.63) is 80.7 Å². The fraction of sp³-hybridized carbons (Fsp3) is 0.158. The lowest BCUT2D eigenvalue weighted by Crippen LogP contribution is -2.32. The van der Waals surface area contributed by atoms with Gasteiger partial charge in [0, 0.05) is 17.0 Å². The number of halogens is 3. The van der Waals surface area contributed by atoms with Crippen LogP contribution in [-0.4, -0.2) is 11.1 Å². The fourth-order valence-corrected chi connectivity index (χ4v) is 4.07. The molecule has 0 unspecified atom stereocenters. The van der Waals surface area contributed by atoms with E-state index in [-0.39, 0.29) is 5.82 Å². The van der Waals surface area contributed by atoms with Gasteiger partial charge in [0.05, 0.1) is 15.6 Å². The largest absolute Gasteiger partial charge is 0.366 e. The first-order valence-corrected chi connectivity index (χ1v) is 9.77. The maximum Gasteiger partial charge on any atom is 0.248 e. The normalized spacial score (nSPS) is 16.7. The molecule has 2 aromatic carbocycles. The molecule has 2 aromatic rings. The second-order valence-corrected chi connectivity index (χ2v) is 7.68. The summed E-state index contributed by atoms with van der Waals surface area (Å²) < 4.78 is 13.4. The van der Waals surface area contributed by atoms with Gasteiger partial charge in [-0.1, -0.05) is 59.2 Å². The average molecular weight is 424 g/mol. The van der Waals surface area contributed by atoms with E-state index in [4.69, 9.17) is 28.9 Å². The Morgan fingerprint density at radius 2 is 2.04 bits per heavy atom. The van der Waals surface area contributed by atoms with Crippen LogP contribution in [0.5, 0.6) is 0 Å². The number of nitrogens with one attached hydrogen (secondary N) is 1. The van der Waals surface area contributed by atoms with Crippen LogP contribution in [0.2, 0.25) is 10.0 Å². The first kappa shape index (κ1) is 19.7. The molecular weight excluding hydrogens is 408 g/mol. The number of amides is 1. The lowest BCUT2D eigenvalue weighted by molar-refractivity contribution is -0.114. The molecule has 0 bridgehead atoms. The van der Waals surface area contributed by atoms with E-state index in [1.165, 1.54) is 23.9 Å². The zero-order valence-electron chi connectivity index (χ0n) is 14.3. The summed E-state index contributed by atoms with van der Waals surface area (Å²) in [5.41, 5.74) is 7.92. The van der Waals surface area contributed by atoms with Crippen molar-refractivity contribution < 1.29 is 9.18 Å². The monoisotopic (exact) mass is 423 g/mol. The number of amidine groups is 1. The van der Waals surface area contributed by atoms with Crippen LogP contribution in [0.3, 0.4) is 0 Å². The molecule has 0 aliphatic carbocycles. The number of thioether (sulfide) groups is 1. The van der Waals surface area contributed by atoms with Crippen LogP contribution in [0.15, 0.2) is 58.7 Å². The Balaban J connectivity index is 1.92. The number of primary amides is 1. The maximum absolute atomic E-state index is 13.4. The van der Waals surface area contributed by atoms with Crippen molar-refractivity contribution in [3.8, 4) is 0 Å². The quantitative estimate of drug-likeness (QED) is 0.739. The molecule has 0 fully saturated rings. The minimum Gasteiger partial charge on any atom is -0.366 e. The number of hydrogen-bond donors (Lipinski definition) is 2. The summed E-state index contributed by atoms with van der Waals surface area (Å²) in [4.78, 5) is 16.6. The van der Waals surface area contributed by atoms with Crippen molar-refractivity contribution in [1.29, 1.82) is 0 Å². The van der Waals surface area contributed by atoms with E-state index in [1.54, 1.807) is 31.2 Å². The minimum atomic E-state index is -0.662. The van der Waals surface area contributed by atoms with Gasteiger partial charge in [0.25, 0.3) is 0 Å². The molecule has 4 nitrogen and oxygen atoms in total. The van der Waals surface area contributed by atoms with Crippen LogP contribution in [0, 0.1) is 5.82 Å². The standard InChI is InChI=1S/C19H16Cl2FN3OS/c1-10-15(18(23)26)17(13-6-3-7-14(20)16(13)21)25-19(24-10)27-9-11-4-2-5-12(22)8-11/h2-8,17H,9H2,1H3,(H2,23,26)(H,24,25)/t17-/m0/s1. The molecular formula is C19H16Cl2FN3OS. The van der Waals surface area contributed by atoms with Gasteiger partial charge in [-0.25, -0.2) is 9.38 Å². The van der Waals surface area contributed by atoms with Crippen LogP contribution in [0.25, 0.3) is 0 Å². The van der Waals surface area contributed by atoms with E-state index in [0.29, 0.717) is 37.8 Å². The van der Waals surface area contributed by atoms with Gasteiger partial charge in [0.15, 0.2) is 5.17 Å². The van der Waals surface area contributed by atoms with Crippen LogP contribution >= 0.6 is 35.0 Å². The van der Waals surface area contributed by atoms with Gasteiger partial charge in [-0.2, -0.15) is 0 Å². The predicted molar refractivity (Wildman–Crippen MR) is 109 cm³/mol. The number of nitrogens with zero attached hydrogens (tertiary/aromatic N) is 1. The molecule has 27 heavy (non-hydrogen) atoms. The SMILES string of the molecule is CC1=C(C(N)=O)[C@H](c2cccc(Cl)c2Cl)N=C(SCc2cccc(F)c2)N1. The summed E-state index contributed by atoms with van der Waals surface area (Å²) >= 11 is 13.9. The number of hydrogen-bond acceptors (Lipinski definition) is 4. The summed E-state index contributed by atoms with van der Waals surface area (Å²) in [6.45, 7) is 1.75. The number of allylic oxidation sites excluding steroid dienone is 1. The second kappa shape index (κ2) is 8.33. The molecule has 0 spiro atoms. The number of carbonyl (C=O) groups excluding carboxylic acids is 1. The summed E-state index contributed by atoms with van der Waals surface area (Å²) in [6, 6.07) is 10.9. The first-order valence-electron chi connectivity index (χ1n) is 8.03. The Morgan fingerprint density at radius 1 is 1.30 bits per heavy atom. The van der Waals surface area contributed by atoms with Crippen LogP contribution in [0.4, 0.5) is 4.39 Å². The van der Waals surface area contributed by atoms with E-state index in [1.807, 2.05) is 6.07 Å². The first-order chi connectivity index (χ1) is 12.9. The van der Waals surface area contributed by atoms with E-state index < -0.39 is 11.9 Å². The highest BCUT2D eigenvalue weighted by Gasteiger charge is 2.29. The van der Waals surface area contributed by atoms with Crippen LogP contribution in [0.1, 0.15) is 24.1 Å². The molecule has 1 atom stereocenters. The molecule has 1 aliphatic heterocycles. The molecule has 1 amide bonds. The molecule has 0 saturated carbocycles. The van der Waals surface area contributed by atoms with Crippen molar-refractivity contribution in [2.75, 3.05) is 0 Å². The Bertz CT molecular complexity index is 962. The molecule has 1 heterocycles. The molecule has 1 aliphatic rings. The highest BCUT2D eigenvalue weighted by Crippen LogP contribution is 2.38. The summed E-state index contributed by atoms with van der Waals surface area (Å²) in [5.74, 6) is -0.361. The van der Waals surface area contributed by atoms with Crippen molar-refractivity contribution in [2.45, 2.75) is 18.7 Å². The highest BCUT2D eigenvalue weighted by molar-refractivity contribution is 8.13. The zero-order chi connectivity index (χ0) is 19.6. The average Bonchev–Trinajstić information content (AvgIpc) is 2.61. The van der Waals surface area contributed by atoms with Crippen molar-refractivity contribution in [2.24, 2.45) is 10.7 Å². The predicted octanol–water partition coefficient (Wildman–Crippen LogP) is 4.83. The molecule has 140 valence electrons. The Kier molecular flexibility index (Phi) is 6.09. The molecule has 3 rings (SSSR count). The molecule has 0 aromatic heterocycles. The smallest absolute Gasteiger partial charge is 0.248 e. The zero-order valence-corrected chi connectivity index (χ0v) is 16.6. The minimum absolute atomic E-state index is 0.290. The van der Waals surface area contributed by atoms with Crippen molar-refractivity contribution in [1.82, 2.24) is 5.32 Å². The number of nitrogens with two attached hydrogens (primary N) is 1. The van der Waals surface area contributed by atoms with E-state index in [2.05, 4.69) is 10.3 Å². The summed E-state index contributed by atoms with van der Waals surface area (Å²) in [7, 11) is 0. The van der Waals surface area contributed by atoms with Gasteiger partial charge in [-0.15, -0.1) is 0 Å². The number of rotatable bonds is 4. The second-order valence-electron chi connectivity index (χ2n) is 5.93. The van der Waals surface area contributed by atoms with Crippen molar-refractivity contribution >= 4 is 46.0 Å². The number of carbonyl (C=O) groups is 1. The molecule has 0 saturated heterocycles. The third-order valence-corrected chi connectivity index (χ3v) is 5.82. The van der Waals surface area contributed by atoms with Crippen LogP contribution < -0.4 is 11.1 Å². The lowest BCUT2D eigenvalue weighted by atomic mass is 9.96. The Hall–Kier alpha value is -2.02. The third kappa shape index (κ3) is 4.46. The number of aliphatic imine (C=N–C) groups is 1. The van der Waals surface area contributed by atoms with E-state index in [9.17, 15) is 9.18 Å². The fourth-order valence-electron chi connectivity index (χ4n) is 2.77. The van der Waals surface area contributed by atoms with Crippen molar-refractivity contribution in [3.63, 3.8) is 0 Å². The maximum atomic E-state index is 13.4. The molecule has 3 N–H and O–H groups in total. The Labute approximate surface area is 170 Å². The Morgan fingerprint density at radius 3 is 2.74 bits per heavy atom. The van der Waals surface area contributed by atoms with Gasteiger partial charge in [0.2, 0.25) is 5.91 Å². The van der Waals surface area contributed by atoms with Gasteiger partial charge in [-0.3, -0.25) is 4.79 Å². The molecule has 8 heteroatoms. The number of benzene rings is 2. The summed E-state index contributed by atoms with van der Waals surface area (Å²) in [6.07, 6.45) is 0. The van der Waals surface area contributed by atoms with Crippen LogP contribution in [-0.2, 0) is 10.5 Å². The topological polar surface area (TPSA) is 67.5 Å². The van der Waals surface area contributed by atoms with E-state index in [0.717, 1.165) is 5.56 Å². The summed E-state index contributed by atoms with van der Waals surface area (Å²) in [5, 5.41) is 4.38. The lowest BCUT2D eigenvalue weighted by Gasteiger charge is -2.26. The van der Waals surface area contributed by atoms with Gasteiger partial charge in [-0.05, 0) is 30.7 Å². The highest BCUT2D eigenvalue weighted by atomic mass is 35.5. The van der Waals surface area contributed by atoms with Gasteiger partial charge >= 0.3 is 0 Å². The van der Waals surface area contributed by atoms with Gasteiger partial charge < -0.3 is 11.1 Å². The molecule has 0 radical (unpaired) electrons.